The van der Waals surface area contributed by atoms with Gasteiger partial charge in [-0.3, -0.25) is 18.9 Å². The predicted molar refractivity (Wildman–Crippen MR) is 131 cm³/mol. The molecule has 0 aliphatic heterocycles. The van der Waals surface area contributed by atoms with Gasteiger partial charge in [0.15, 0.2) is 0 Å². The highest BCUT2D eigenvalue weighted by Gasteiger charge is 2.17. The zero-order valence-corrected chi connectivity index (χ0v) is 19.0. The van der Waals surface area contributed by atoms with Gasteiger partial charge in [-0.15, -0.1) is 0 Å². The van der Waals surface area contributed by atoms with Gasteiger partial charge in [0.05, 0.1) is 23.4 Å². The van der Waals surface area contributed by atoms with Crippen LogP contribution in [0.3, 0.4) is 0 Å². The molecule has 0 bridgehead atoms. The van der Waals surface area contributed by atoms with Crippen LogP contribution in [0.25, 0.3) is 21.9 Å². The third kappa shape index (κ3) is 4.52. The van der Waals surface area contributed by atoms with Gasteiger partial charge < -0.3 is 4.42 Å². The quantitative estimate of drug-likeness (QED) is 0.345. The maximum Gasteiger partial charge on any atom is 0.331 e. The summed E-state index contributed by atoms with van der Waals surface area (Å²) in [5, 5.41) is 1.71. The first-order chi connectivity index (χ1) is 16.2. The Morgan fingerprint density at radius 2 is 1.79 bits per heavy atom. The van der Waals surface area contributed by atoms with Gasteiger partial charge in [-0.2, -0.15) is 0 Å². The fourth-order valence-electron chi connectivity index (χ4n) is 5.28. The highest BCUT2D eigenvalue weighted by Crippen LogP contribution is 2.27. The van der Waals surface area contributed by atoms with Crippen molar-refractivity contribution in [2.75, 3.05) is 0 Å². The SMILES string of the molecule is O=c1c2ccncc2n(CCC2CCCCC2)c(=O)n1CCCCc1coc2ccccc12. The van der Waals surface area contributed by atoms with Gasteiger partial charge in [-0.1, -0.05) is 50.3 Å². The highest BCUT2D eigenvalue weighted by molar-refractivity contribution is 5.80. The van der Waals surface area contributed by atoms with Crippen molar-refractivity contribution in [3.63, 3.8) is 0 Å². The number of unbranched alkanes of at least 4 members (excludes halogenated alkanes) is 1. The summed E-state index contributed by atoms with van der Waals surface area (Å²) in [5.74, 6) is 0.669. The molecule has 1 aliphatic carbocycles. The lowest BCUT2D eigenvalue weighted by Gasteiger charge is -2.22. The van der Waals surface area contributed by atoms with Crippen molar-refractivity contribution >= 4 is 21.9 Å². The topological polar surface area (TPSA) is 70.0 Å². The van der Waals surface area contributed by atoms with Crippen LogP contribution in [0.1, 0.15) is 56.9 Å². The number of aromatic nitrogens is 3. The second-order valence-electron chi connectivity index (χ2n) is 9.29. The van der Waals surface area contributed by atoms with Crippen molar-refractivity contribution in [3.05, 3.63) is 75.4 Å². The Morgan fingerprint density at radius 1 is 0.939 bits per heavy atom. The number of furan rings is 1. The first-order valence-corrected chi connectivity index (χ1v) is 12.2. The number of benzene rings is 1. The van der Waals surface area contributed by atoms with Crippen molar-refractivity contribution in [2.45, 2.75) is 70.9 Å². The Bertz CT molecular complexity index is 1360. The minimum Gasteiger partial charge on any atom is -0.464 e. The average molecular weight is 446 g/mol. The molecule has 0 amide bonds. The van der Waals surface area contributed by atoms with Gasteiger partial charge in [0.1, 0.15) is 5.58 Å². The lowest BCUT2D eigenvalue weighted by Crippen LogP contribution is -2.40. The van der Waals surface area contributed by atoms with E-state index >= 15 is 0 Å². The summed E-state index contributed by atoms with van der Waals surface area (Å²) in [6.45, 7) is 1.07. The maximum absolute atomic E-state index is 13.4. The van der Waals surface area contributed by atoms with Gasteiger partial charge >= 0.3 is 5.69 Å². The summed E-state index contributed by atoms with van der Waals surface area (Å²) < 4.78 is 8.84. The summed E-state index contributed by atoms with van der Waals surface area (Å²) in [6.07, 6.45) is 15.0. The van der Waals surface area contributed by atoms with Crippen molar-refractivity contribution in [2.24, 2.45) is 5.92 Å². The minimum atomic E-state index is -0.208. The van der Waals surface area contributed by atoms with Crippen LogP contribution >= 0.6 is 0 Å². The molecule has 5 rings (SSSR count). The van der Waals surface area contributed by atoms with E-state index < -0.39 is 0 Å². The molecule has 0 unspecified atom stereocenters. The van der Waals surface area contributed by atoms with Crippen molar-refractivity contribution < 1.29 is 4.42 Å². The molecule has 172 valence electrons. The van der Waals surface area contributed by atoms with E-state index in [1.807, 2.05) is 24.5 Å². The lowest BCUT2D eigenvalue weighted by molar-refractivity contribution is 0.322. The number of pyridine rings is 1. The Kier molecular flexibility index (Phi) is 6.42. The van der Waals surface area contributed by atoms with E-state index in [0.717, 1.165) is 36.7 Å². The molecule has 1 aromatic carbocycles. The summed E-state index contributed by atoms with van der Waals surface area (Å²) in [6, 6.07) is 9.76. The first-order valence-electron chi connectivity index (χ1n) is 12.2. The van der Waals surface area contributed by atoms with Gasteiger partial charge in [0.25, 0.3) is 5.56 Å². The molecular weight excluding hydrogens is 414 g/mol. The van der Waals surface area contributed by atoms with Crippen LogP contribution < -0.4 is 11.2 Å². The van der Waals surface area contributed by atoms with Crippen molar-refractivity contribution in [3.8, 4) is 0 Å². The molecule has 3 aromatic heterocycles. The molecule has 6 heteroatoms. The van der Waals surface area contributed by atoms with Crippen LogP contribution in [0.2, 0.25) is 0 Å². The molecule has 33 heavy (non-hydrogen) atoms. The molecule has 6 nitrogen and oxygen atoms in total. The molecule has 0 atom stereocenters. The van der Waals surface area contributed by atoms with Crippen LogP contribution in [0.15, 0.2) is 63.0 Å². The van der Waals surface area contributed by atoms with Crippen molar-refractivity contribution in [1.29, 1.82) is 0 Å². The number of fused-ring (bicyclic) bond motifs is 2. The lowest BCUT2D eigenvalue weighted by atomic mass is 9.87. The summed E-state index contributed by atoms with van der Waals surface area (Å²) in [5.41, 5.74) is 2.31. The molecule has 0 saturated heterocycles. The summed E-state index contributed by atoms with van der Waals surface area (Å²) in [4.78, 5) is 30.7. The van der Waals surface area contributed by atoms with Crippen molar-refractivity contribution in [1.82, 2.24) is 14.1 Å². The Labute approximate surface area is 192 Å². The molecule has 3 heterocycles. The number of hydrogen-bond donors (Lipinski definition) is 0. The van der Waals surface area contributed by atoms with Crippen LogP contribution in [-0.2, 0) is 19.5 Å². The van der Waals surface area contributed by atoms with Crippen LogP contribution in [-0.4, -0.2) is 14.1 Å². The van der Waals surface area contributed by atoms with Crippen LogP contribution in [0.5, 0.6) is 0 Å². The van der Waals surface area contributed by atoms with E-state index in [9.17, 15) is 9.59 Å². The van der Waals surface area contributed by atoms with E-state index in [1.165, 1.54) is 42.2 Å². The molecule has 0 N–H and O–H groups in total. The van der Waals surface area contributed by atoms with E-state index in [4.69, 9.17) is 4.42 Å². The Balaban J connectivity index is 1.33. The van der Waals surface area contributed by atoms with E-state index in [0.29, 0.717) is 29.9 Å². The number of rotatable bonds is 8. The molecular formula is C27H31N3O3. The zero-order chi connectivity index (χ0) is 22.6. The fourth-order valence-corrected chi connectivity index (χ4v) is 5.28. The first kappa shape index (κ1) is 21.7. The maximum atomic E-state index is 13.4. The van der Waals surface area contributed by atoms with Gasteiger partial charge in [0, 0.05) is 24.7 Å². The summed E-state index contributed by atoms with van der Waals surface area (Å²) in [7, 11) is 0. The second-order valence-corrected chi connectivity index (χ2v) is 9.29. The van der Waals surface area contributed by atoms with E-state index in [1.54, 1.807) is 23.0 Å². The number of aryl methyl sites for hydroxylation is 2. The summed E-state index contributed by atoms with van der Waals surface area (Å²) >= 11 is 0. The van der Waals surface area contributed by atoms with E-state index in [2.05, 4.69) is 11.1 Å². The average Bonchev–Trinajstić information content (AvgIpc) is 3.27. The number of nitrogens with zero attached hydrogens (tertiary/aromatic N) is 3. The molecule has 1 fully saturated rings. The molecule has 0 radical (unpaired) electrons. The highest BCUT2D eigenvalue weighted by atomic mass is 16.3. The molecule has 1 saturated carbocycles. The largest absolute Gasteiger partial charge is 0.464 e. The second kappa shape index (κ2) is 9.77. The number of hydrogen-bond acceptors (Lipinski definition) is 4. The van der Waals surface area contributed by atoms with Crippen LogP contribution in [0, 0.1) is 5.92 Å². The zero-order valence-electron chi connectivity index (χ0n) is 19.0. The molecule has 0 spiro atoms. The predicted octanol–water partition coefficient (Wildman–Crippen LogP) is 5.30. The minimum absolute atomic E-state index is 0.204. The number of para-hydroxylation sites is 1. The monoisotopic (exact) mass is 445 g/mol. The van der Waals surface area contributed by atoms with Crippen LogP contribution in [0.4, 0.5) is 0 Å². The van der Waals surface area contributed by atoms with Gasteiger partial charge in [-0.25, -0.2) is 4.79 Å². The Morgan fingerprint density at radius 3 is 2.67 bits per heavy atom. The molecule has 4 aromatic rings. The van der Waals surface area contributed by atoms with E-state index in [-0.39, 0.29) is 11.2 Å². The fraction of sp³-hybridized carbons (Fsp3) is 0.444. The standard InChI is InChI=1S/C27H31N3O3/c31-26-23-13-15-28-18-24(23)29(17-14-20-8-2-1-3-9-20)27(32)30(26)16-7-6-10-21-19-33-25-12-5-4-11-22(21)25/h4-5,11-13,15,18-20H,1-3,6-10,14,16-17H2. The smallest absolute Gasteiger partial charge is 0.331 e. The normalized spacial score (nSPS) is 14.9. The third-order valence-corrected chi connectivity index (χ3v) is 7.15. The van der Waals surface area contributed by atoms with Gasteiger partial charge in [0.2, 0.25) is 0 Å². The Hall–Kier alpha value is -3.15. The third-order valence-electron chi connectivity index (χ3n) is 7.15. The van der Waals surface area contributed by atoms with Gasteiger partial charge in [-0.05, 0) is 49.3 Å². The molecule has 1 aliphatic rings.